The second kappa shape index (κ2) is 10.4. The van der Waals surface area contributed by atoms with Gasteiger partial charge in [-0.15, -0.1) is 0 Å². The number of halogens is 1. The molecule has 0 radical (unpaired) electrons. The highest BCUT2D eigenvalue weighted by molar-refractivity contribution is 5.76. The van der Waals surface area contributed by atoms with Crippen LogP contribution in [0.25, 0.3) is 0 Å². The third-order valence-corrected chi connectivity index (χ3v) is 5.50. The minimum atomic E-state index is -0.296. The first-order chi connectivity index (χ1) is 14.5. The molecule has 1 fully saturated rings. The Morgan fingerprint density at radius 1 is 1.20 bits per heavy atom. The normalized spacial score (nSPS) is 16.6. The molecule has 1 aromatic heterocycles. The van der Waals surface area contributed by atoms with Crippen molar-refractivity contribution in [3.63, 3.8) is 0 Å². The van der Waals surface area contributed by atoms with Gasteiger partial charge >= 0.3 is 0 Å². The van der Waals surface area contributed by atoms with Crippen molar-refractivity contribution in [3.8, 4) is 11.6 Å². The summed E-state index contributed by atoms with van der Waals surface area (Å²) in [6.07, 6.45) is 6.55. The van der Waals surface area contributed by atoms with Crippen LogP contribution in [-0.2, 0) is 4.79 Å². The van der Waals surface area contributed by atoms with E-state index in [1.807, 2.05) is 4.90 Å². The van der Waals surface area contributed by atoms with Gasteiger partial charge in [-0.2, -0.15) is 0 Å². The van der Waals surface area contributed by atoms with Gasteiger partial charge in [-0.3, -0.25) is 4.79 Å². The van der Waals surface area contributed by atoms with E-state index in [0.29, 0.717) is 36.7 Å². The summed E-state index contributed by atoms with van der Waals surface area (Å²) < 4.78 is 19.1. The highest BCUT2D eigenvalue weighted by atomic mass is 19.1. The fourth-order valence-electron chi connectivity index (χ4n) is 3.78. The molecular formula is C23H31FN4O2. The van der Waals surface area contributed by atoms with Crippen LogP contribution in [0.2, 0.25) is 0 Å². The maximum Gasteiger partial charge on any atom is 0.224 e. The maximum absolute atomic E-state index is 13.3. The summed E-state index contributed by atoms with van der Waals surface area (Å²) in [6, 6.07) is 6.30. The number of hydrogen-bond donors (Lipinski definition) is 0. The first kappa shape index (κ1) is 22.0. The van der Waals surface area contributed by atoms with E-state index in [2.05, 4.69) is 28.7 Å². The predicted octanol–water partition coefficient (Wildman–Crippen LogP) is 4.72. The van der Waals surface area contributed by atoms with Gasteiger partial charge < -0.3 is 14.5 Å². The van der Waals surface area contributed by atoms with Gasteiger partial charge in [0.05, 0.1) is 0 Å². The zero-order valence-electron chi connectivity index (χ0n) is 18.1. The monoisotopic (exact) mass is 414 g/mol. The predicted molar refractivity (Wildman–Crippen MR) is 115 cm³/mol. The Labute approximate surface area is 178 Å². The van der Waals surface area contributed by atoms with E-state index in [1.165, 1.54) is 31.3 Å². The number of rotatable bonds is 8. The lowest BCUT2D eigenvalue weighted by Gasteiger charge is -2.40. The number of unbranched alkanes of at least 4 members (excludes halogenated alkanes) is 3. The molecule has 0 saturated carbocycles. The van der Waals surface area contributed by atoms with Crippen LogP contribution in [0.3, 0.4) is 0 Å². The van der Waals surface area contributed by atoms with Crippen LogP contribution in [0.4, 0.5) is 10.2 Å². The molecule has 30 heavy (non-hydrogen) atoms. The first-order valence-corrected chi connectivity index (χ1v) is 10.8. The lowest BCUT2D eigenvalue weighted by Crippen LogP contribution is -2.54. The van der Waals surface area contributed by atoms with Crippen molar-refractivity contribution in [2.45, 2.75) is 58.9 Å². The van der Waals surface area contributed by atoms with Crippen molar-refractivity contribution >= 4 is 11.7 Å². The summed E-state index contributed by atoms with van der Waals surface area (Å²) >= 11 is 0. The number of piperazine rings is 1. The number of hydrogen-bond acceptors (Lipinski definition) is 5. The molecule has 1 atom stereocenters. The molecule has 1 aromatic carbocycles. The molecule has 7 heteroatoms. The lowest BCUT2D eigenvalue weighted by molar-refractivity contribution is -0.133. The lowest BCUT2D eigenvalue weighted by atomic mass is 10.1. The van der Waals surface area contributed by atoms with Gasteiger partial charge in [0.1, 0.15) is 23.7 Å². The standard InChI is InChI=1S/C23H31FN4O2/c1-4-5-6-7-8-23(29)28-12-11-27(15-18(28)3)21-14-22(26-16-25-21)30-20-10-9-19(24)13-17(20)2/h9-10,13-14,16,18H,4-8,11-12,15H2,1-3H3/t18-/m0/s1. The first-order valence-electron chi connectivity index (χ1n) is 10.8. The molecule has 162 valence electrons. The third-order valence-electron chi connectivity index (χ3n) is 5.50. The number of anilines is 1. The van der Waals surface area contributed by atoms with E-state index in [4.69, 9.17) is 4.74 Å². The molecule has 0 aliphatic carbocycles. The molecule has 1 aliphatic rings. The van der Waals surface area contributed by atoms with Crippen molar-refractivity contribution in [1.82, 2.24) is 14.9 Å². The Hall–Kier alpha value is -2.70. The Kier molecular flexibility index (Phi) is 7.60. The van der Waals surface area contributed by atoms with Crippen LogP contribution >= 0.6 is 0 Å². The maximum atomic E-state index is 13.3. The summed E-state index contributed by atoms with van der Waals surface area (Å²) in [7, 11) is 0. The molecule has 0 N–H and O–H groups in total. The van der Waals surface area contributed by atoms with Crippen molar-refractivity contribution < 1.29 is 13.9 Å². The Balaban J connectivity index is 1.60. The van der Waals surface area contributed by atoms with Gasteiger partial charge in [0.15, 0.2) is 0 Å². The number of aryl methyl sites for hydroxylation is 1. The highest BCUT2D eigenvalue weighted by Gasteiger charge is 2.27. The number of carbonyl (C=O) groups is 1. The molecule has 0 spiro atoms. The zero-order valence-corrected chi connectivity index (χ0v) is 18.1. The van der Waals surface area contributed by atoms with Gasteiger partial charge in [0.2, 0.25) is 11.8 Å². The van der Waals surface area contributed by atoms with Crippen LogP contribution in [-0.4, -0.2) is 46.5 Å². The number of amides is 1. The van der Waals surface area contributed by atoms with Gasteiger partial charge in [-0.05, 0) is 44.0 Å². The quantitative estimate of drug-likeness (QED) is 0.585. The second-order valence-electron chi connectivity index (χ2n) is 7.92. The minimum absolute atomic E-state index is 0.121. The summed E-state index contributed by atoms with van der Waals surface area (Å²) in [4.78, 5) is 25.3. The molecular weight excluding hydrogens is 383 g/mol. The molecule has 1 aliphatic heterocycles. The molecule has 2 aromatic rings. The topological polar surface area (TPSA) is 58.6 Å². The number of aromatic nitrogens is 2. The molecule has 3 rings (SSSR count). The second-order valence-corrected chi connectivity index (χ2v) is 7.92. The van der Waals surface area contributed by atoms with Gasteiger partial charge in [-0.25, -0.2) is 14.4 Å². The van der Waals surface area contributed by atoms with Crippen molar-refractivity contribution in [2.24, 2.45) is 0 Å². The minimum Gasteiger partial charge on any atom is -0.439 e. The Morgan fingerprint density at radius 3 is 2.77 bits per heavy atom. The third kappa shape index (κ3) is 5.68. The van der Waals surface area contributed by atoms with Gasteiger partial charge in [0.25, 0.3) is 0 Å². The fourth-order valence-corrected chi connectivity index (χ4v) is 3.78. The van der Waals surface area contributed by atoms with Crippen LogP contribution in [0.15, 0.2) is 30.6 Å². The van der Waals surface area contributed by atoms with Crippen LogP contribution in [0.1, 0.15) is 51.5 Å². The van der Waals surface area contributed by atoms with E-state index in [0.717, 1.165) is 25.2 Å². The van der Waals surface area contributed by atoms with Crippen molar-refractivity contribution in [3.05, 3.63) is 42.0 Å². The number of ether oxygens (including phenoxy) is 1. The molecule has 1 amide bonds. The van der Waals surface area contributed by atoms with E-state index in [9.17, 15) is 9.18 Å². The van der Waals surface area contributed by atoms with Crippen molar-refractivity contribution in [1.29, 1.82) is 0 Å². The van der Waals surface area contributed by atoms with E-state index < -0.39 is 0 Å². The number of benzene rings is 1. The van der Waals surface area contributed by atoms with Crippen LogP contribution in [0.5, 0.6) is 11.6 Å². The van der Waals surface area contributed by atoms with Crippen molar-refractivity contribution in [2.75, 3.05) is 24.5 Å². The van der Waals surface area contributed by atoms with Gasteiger partial charge in [-0.1, -0.05) is 26.2 Å². The average molecular weight is 415 g/mol. The summed E-state index contributed by atoms with van der Waals surface area (Å²) in [5.74, 6) is 1.69. The van der Waals surface area contributed by atoms with E-state index in [1.54, 1.807) is 19.1 Å². The fraction of sp³-hybridized carbons (Fsp3) is 0.522. The number of carbonyl (C=O) groups excluding carboxylic acids is 1. The molecule has 1 saturated heterocycles. The zero-order chi connectivity index (χ0) is 21.5. The van der Waals surface area contributed by atoms with Crippen LogP contribution < -0.4 is 9.64 Å². The average Bonchev–Trinajstić information content (AvgIpc) is 2.73. The van der Waals surface area contributed by atoms with E-state index in [-0.39, 0.29) is 17.8 Å². The summed E-state index contributed by atoms with van der Waals surface area (Å²) in [5, 5.41) is 0. The number of nitrogens with zero attached hydrogens (tertiary/aromatic N) is 4. The largest absolute Gasteiger partial charge is 0.439 e. The Bertz CT molecular complexity index is 861. The molecule has 2 heterocycles. The smallest absolute Gasteiger partial charge is 0.224 e. The van der Waals surface area contributed by atoms with Gasteiger partial charge in [0, 0.05) is 38.2 Å². The summed E-state index contributed by atoms with van der Waals surface area (Å²) in [6.45, 7) is 8.17. The van der Waals surface area contributed by atoms with Crippen LogP contribution in [0, 0.1) is 12.7 Å². The summed E-state index contributed by atoms with van der Waals surface area (Å²) in [5.41, 5.74) is 0.704. The SMILES string of the molecule is CCCCCCC(=O)N1CCN(c2cc(Oc3ccc(F)cc3C)ncn2)C[C@@H]1C. The Morgan fingerprint density at radius 2 is 2.03 bits per heavy atom. The molecule has 0 bridgehead atoms. The molecule has 0 unspecified atom stereocenters. The highest BCUT2D eigenvalue weighted by Crippen LogP contribution is 2.27. The molecule has 6 nitrogen and oxygen atoms in total. The van der Waals surface area contributed by atoms with E-state index >= 15 is 0 Å².